The van der Waals surface area contributed by atoms with E-state index in [2.05, 4.69) is 0 Å². The molecule has 0 aliphatic carbocycles. The van der Waals surface area contributed by atoms with Gasteiger partial charge in [-0.2, -0.15) is 0 Å². The molecule has 0 radical (unpaired) electrons. The van der Waals surface area contributed by atoms with Crippen LogP contribution in [0.1, 0.15) is 41.4 Å². The number of aliphatic hydroxyl groups is 1. The fourth-order valence-electron chi connectivity index (χ4n) is 4.54. The predicted molar refractivity (Wildman–Crippen MR) is 155 cm³/mol. The van der Waals surface area contributed by atoms with Crippen LogP contribution in [0.3, 0.4) is 0 Å². The normalized spacial score (nSPS) is 21.0. The van der Waals surface area contributed by atoms with Gasteiger partial charge in [0.25, 0.3) is 0 Å². The van der Waals surface area contributed by atoms with Crippen LogP contribution >= 0.6 is 0 Å². The first-order valence-corrected chi connectivity index (χ1v) is 13.7. The number of aliphatic hydroxyl groups excluding tert-OH is 1. The average molecular weight is 597 g/mol. The van der Waals surface area contributed by atoms with E-state index in [-0.39, 0.29) is 22.3 Å². The molecule has 4 aromatic rings. The molecule has 10 nitrogen and oxygen atoms in total. The molecule has 1 aliphatic heterocycles. The van der Waals surface area contributed by atoms with Gasteiger partial charge in [-0.15, -0.1) is 0 Å². The highest BCUT2D eigenvalue weighted by Crippen LogP contribution is 2.30. The molecule has 0 saturated carbocycles. The van der Waals surface area contributed by atoms with Crippen molar-refractivity contribution in [1.82, 2.24) is 0 Å². The molecule has 3 unspecified atom stereocenters. The maximum Gasteiger partial charge on any atom is 0.338 e. The Bertz CT molecular complexity index is 1560. The summed E-state index contributed by atoms with van der Waals surface area (Å²) < 4.78 is 28.4. The number of hydrogen-bond acceptors (Lipinski definition) is 10. The quantitative estimate of drug-likeness (QED) is 0.221. The zero-order valence-electron chi connectivity index (χ0n) is 23.3. The van der Waals surface area contributed by atoms with Gasteiger partial charge in [-0.05, 0) is 48.5 Å². The minimum absolute atomic E-state index is 0.154. The third-order valence-corrected chi connectivity index (χ3v) is 6.76. The van der Waals surface area contributed by atoms with Crippen LogP contribution in [0.15, 0.2) is 121 Å². The molecule has 0 spiro atoms. The Labute approximate surface area is 252 Å². The predicted octanol–water partition coefficient (Wildman–Crippen LogP) is 4.24. The Morgan fingerprint density at radius 2 is 0.841 bits per heavy atom. The summed E-state index contributed by atoms with van der Waals surface area (Å²) in [6.07, 6.45) is -7.89. The zero-order chi connectivity index (χ0) is 30.9. The lowest BCUT2D eigenvalue weighted by Crippen LogP contribution is -2.62. The Morgan fingerprint density at radius 3 is 1.25 bits per heavy atom. The van der Waals surface area contributed by atoms with Crippen molar-refractivity contribution in [3.05, 3.63) is 144 Å². The fourth-order valence-corrected chi connectivity index (χ4v) is 4.54. The van der Waals surface area contributed by atoms with Gasteiger partial charge in [-0.1, -0.05) is 72.8 Å². The van der Waals surface area contributed by atoms with E-state index in [1.807, 2.05) is 0 Å². The molecule has 0 aromatic heterocycles. The number of carbonyl (C=O) groups is 4. The van der Waals surface area contributed by atoms with Gasteiger partial charge in [-0.25, -0.2) is 19.2 Å². The molecule has 10 heteroatoms. The summed E-state index contributed by atoms with van der Waals surface area (Å²) in [7, 11) is 0. The van der Waals surface area contributed by atoms with Crippen LogP contribution in [0.5, 0.6) is 0 Å². The van der Waals surface area contributed by atoms with Crippen molar-refractivity contribution in [1.29, 1.82) is 0 Å². The number of benzene rings is 4. The number of carbonyl (C=O) groups excluding carboxylic acids is 4. The molecular formula is C34H28O10. The van der Waals surface area contributed by atoms with Crippen molar-refractivity contribution in [3.63, 3.8) is 0 Å². The molecule has 224 valence electrons. The van der Waals surface area contributed by atoms with Gasteiger partial charge >= 0.3 is 23.9 Å². The largest absolute Gasteiger partial charge is 0.459 e. The maximum absolute atomic E-state index is 13.3. The lowest BCUT2D eigenvalue weighted by atomic mass is 9.97. The van der Waals surface area contributed by atoms with Crippen molar-refractivity contribution in [2.45, 2.75) is 30.7 Å². The van der Waals surface area contributed by atoms with Crippen LogP contribution in [0.25, 0.3) is 0 Å². The summed E-state index contributed by atoms with van der Waals surface area (Å²) in [5.41, 5.74) is 0.736. The summed E-state index contributed by atoms with van der Waals surface area (Å²) in [5, 5.41) is 11.1. The van der Waals surface area contributed by atoms with Crippen LogP contribution in [-0.2, 0) is 23.7 Å². The molecule has 1 saturated heterocycles. The van der Waals surface area contributed by atoms with Gasteiger partial charge in [0.2, 0.25) is 0 Å². The Morgan fingerprint density at radius 1 is 0.500 bits per heavy atom. The Balaban J connectivity index is 1.48. The summed E-state index contributed by atoms with van der Waals surface area (Å²) in [5.74, 6) is -3.21. The molecule has 1 aliphatic rings. The van der Waals surface area contributed by atoms with E-state index >= 15 is 0 Å². The summed E-state index contributed by atoms with van der Waals surface area (Å²) in [4.78, 5) is 52.3. The van der Waals surface area contributed by atoms with Crippen LogP contribution in [0.4, 0.5) is 0 Å². The van der Waals surface area contributed by atoms with E-state index in [1.165, 1.54) is 36.4 Å². The first-order chi connectivity index (χ1) is 21.4. The van der Waals surface area contributed by atoms with Gasteiger partial charge in [0.1, 0.15) is 12.7 Å². The van der Waals surface area contributed by atoms with Crippen molar-refractivity contribution in [3.8, 4) is 0 Å². The fraction of sp³-hybridized carbons (Fsp3) is 0.176. The van der Waals surface area contributed by atoms with Crippen molar-refractivity contribution >= 4 is 23.9 Å². The molecule has 1 N–H and O–H groups in total. The summed E-state index contributed by atoms with van der Waals surface area (Å²) >= 11 is 0. The lowest BCUT2D eigenvalue weighted by molar-refractivity contribution is -0.284. The highest BCUT2D eigenvalue weighted by molar-refractivity contribution is 5.91. The van der Waals surface area contributed by atoms with Gasteiger partial charge in [0, 0.05) is 0 Å². The van der Waals surface area contributed by atoms with Crippen LogP contribution in [0.2, 0.25) is 0 Å². The lowest BCUT2D eigenvalue weighted by Gasteiger charge is -2.42. The van der Waals surface area contributed by atoms with Crippen LogP contribution in [0, 0.1) is 0 Å². The summed E-state index contributed by atoms with van der Waals surface area (Å²) in [6.45, 7) is -0.504. The van der Waals surface area contributed by atoms with Gasteiger partial charge in [0.15, 0.2) is 24.6 Å². The van der Waals surface area contributed by atoms with E-state index < -0.39 is 61.2 Å². The van der Waals surface area contributed by atoms with E-state index in [0.717, 1.165) is 0 Å². The molecule has 44 heavy (non-hydrogen) atoms. The zero-order valence-corrected chi connectivity index (χ0v) is 23.3. The molecule has 0 amide bonds. The first kappa shape index (κ1) is 30.1. The monoisotopic (exact) mass is 596 g/mol. The SMILES string of the molecule is O=C(OCC1OC(O)C(OC(=O)c2ccccc2)[C@@H](OC(=O)c2ccccc2)[C@@H]1OC(=O)c1ccccc1)c1ccccc1. The highest BCUT2D eigenvalue weighted by Gasteiger charge is 2.52. The standard InChI is InChI=1S/C34H28O10/c35-30(22-13-5-1-6-14-22)40-21-26-27(42-31(36)23-15-7-2-8-16-23)28(43-32(37)24-17-9-3-10-18-24)29(34(39)41-26)44-33(38)25-19-11-4-12-20-25/h1-20,26-29,34,39H,21H2/t26?,27-,28+,29?,34?/m1/s1. The van der Waals surface area contributed by atoms with Gasteiger partial charge in [-0.3, -0.25) is 0 Å². The van der Waals surface area contributed by atoms with Crippen LogP contribution in [-0.4, -0.2) is 66.3 Å². The smallest absolute Gasteiger partial charge is 0.338 e. The molecule has 5 rings (SSSR count). The van der Waals surface area contributed by atoms with Gasteiger partial charge < -0.3 is 28.8 Å². The Kier molecular flexibility index (Phi) is 9.75. The Hall–Kier alpha value is -5.32. The topological polar surface area (TPSA) is 135 Å². The maximum atomic E-state index is 13.3. The minimum atomic E-state index is -1.86. The van der Waals surface area contributed by atoms with Crippen molar-refractivity contribution in [2.24, 2.45) is 0 Å². The van der Waals surface area contributed by atoms with E-state index in [1.54, 1.807) is 84.9 Å². The van der Waals surface area contributed by atoms with Gasteiger partial charge in [0.05, 0.1) is 22.3 Å². The summed E-state index contributed by atoms with van der Waals surface area (Å²) in [6, 6.07) is 32.1. The van der Waals surface area contributed by atoms with Crippen molar-refractivity contribution < 1.29 is 48.0 Å². The second-order valence-corrected chi connectivity index (χ2v) is 9.74. The third kappa shape index (κ3) is 7.35. The number of hydrogen-bond donors (Lipinski definition) is 1. The molecule has 1 fully saturated rings. The van der Waals surface area contributed by atoms with E-state index in [9.17, 15) is 24.3 Å². The molecule has 4 aromatic carbocycles. The first-order valence-electron chi connectivity index (χ1n) is 13.7. The average Bonchev–Trinajstić information content (AvgIpc) is 3.07. The highest BCUT2D eigenvalue weighted by atomic mass is 16.7. The third-order valence-electron chi connectivity index (χ3n) is 6.76. The second-order valence-electron chi connectivity index (χ2n) is 9.74. The van der Waals surface area contributed by atoms with Crippen LogP contribution < -0.4 is 0 Å². The number of esters is 4. The van der Waals surface area contributed by atoms with Crippen molar-refractivity contribution in [2.75, 3.05) is 6.61 Å². The van der Waals surface area contributed by atoms with E-state index in [4.69, 9.17) is 23.7 Å². The van der Waals surface area contributed by atoms with E-state index in [0.29, 0.717) is 0 Å². The molecule has 0 bridgehead atoms. The second kappa shape index (κ2) is 14.2. The molecule has 1 heterocycles. The number of ether oxygens (including phenoxy) is 5. The number of rotatable bonds is 9. The molecule has 5 atom stereocenters. The molecular weight excluding hydrogens is 568 g/mol. The minimum Gasteiger partial charge on any atom is -0.459 e.